The highest BCUT2D eigenvalue weighted by atomic mass is 32.2. The third-order valence-corrected chi connectivity index (χ3v) is 5.29. The summed E-state index contributed by atoms with van der Waals surface area (Å²) in [4.78, 5) is 1.39. The SMILES string of the molecule is CCC1CCCC(Sc2cccc(C(C)N)c2)C1. The second kappa shape index (κ2) is 6.63. The van der Waals surface area contributed by atoms with Crippen molar-refractivity contribution in [3.8, 4) is 0 Å². The molecule has 3 atom stereocenters. The van der Waals surface area contributed by atoms with E-state index in [1.165, 1.54) is 42.6 Å². The fourth-order valence-electron chi connectivity index (χ4n) is 2.78. The van der Waals surface area contributed by atoms with E-state index < -0.39 is 0 Å². The van der Waals surface area contributed by atoms with E-state index in [1.54, 1.807) is 0 Å². The summed E-state index contributed by atoms with van der Waals surface area (Å²) in [6, 6.07) is 8.91. The molecular weight excluding hydrogens is 238 g/mol. The molecule has 0 amide bonds. The second-order valence-corrected chi connectivity index (χ2v) is 6.92. The van der Waals surface area contributed by atoms with Crippen LogP contribution in [0.15, 0.2) is 29.2 Å². The van der Waals surface area contributed by atoms with Crippen molar-refractivity contribution in [3.05, 3.63) is 29.8 Å². The predicted octanol–water partition coefficient (Wildman–Crippen LogP) is 4.77. The number of benzene rings is 1. The number of hydrogen-bond acceptors (Lipinski definition) is 2. The average molecular weight is 263 g/mol. The molecule has 1 aliphatic carbocycles. The molecule has 2 heteroatoms. The summed E-state index contributed by atoms with van der Waals surface area (Å²) in [5.74, 6) is 0.952. The molecule has 0 bridgehead atoms. The molecule has 2 rings (SSSR count). The predicted molar refractivity (Wildman–Crippen MR) is 80.9 cm³/mol. The maximum atomic E-state index is 5.95. The fourth-order valence-corrected chi connectivity index (χ4v) is 4.18. The summed E-state index contributed by atoms with van der Waals surface area (Å²) >= 11 is 2.06. The number of nitrogens with two attached hydrogens (primary N) is 1. The van der Waals surface area contributed by atoms with Crippen LogP contribution in [0, 0.1) is 5.92 Å². The number of hydrogen-bond donors (Lipinski definition) is 1. The summed E-state index contributed by atoms with van der Waals surface area (Å²) in [6.45, 7) is 4.38. The zero-order valence-electron chi connectivity index (χ0n) is 11.6. The second-order valence-electron chi connectivity index (χ2n) is 5.54. The maximum absolute atomic E-state index is 5.95. The van der Waals surface area contributed by atoms with Gasteiger partial charge in [0.2, 0.25) is 0 Å². The van der Waals surface area contributed by atoms with Crippen LogP contribution in [0.2, 0.25) is 0 Å². The van der Waals surface area contributed by atoms with Crippen LogP contribution in [-0.2, 0) is 0 Å². The van der Waals surface area contributed by atoms with E-state index in [-0.39, 0.29) is 6.04 Å². The molecule has 2 N–H and O–H groups in total. The Bertz CT molecular complexity index is 375. The van der Waals surface area contributed by atoms with E-state index in [9.17, 15) is 0 Å². The van der Waals surface area contributed by atoms with E-state index in [4.69, 9.17) is 5.73 Å². The van der Waals surface area contributed by atoms with Gasteiger partial charge in [0, 0.05) is 16.2 Å². The molecule has 1 nitrogen and oxygen atoms in total. The molecule has 1 aliphatic rings. The number of rotatable bonds is 4. The van der Waals surface area contributed by atoms with Crippen molar-refractivity contribution in [1.82, 2.24) is 0 Å². The summed E-state index contributed by atoms with van der Waals surface area (Å²) in [5.41, 5.74) is 7.20. The average Bonchev–Trinajstić information content (AvgIpc) is 2.39. The van der Waals surface area contributed by atoms with Gasteiger partial charge in [-0.3, -0.25) is 0 Å². The molecule has 0 heterocycles. The molecule has 0 aromatic heterocycles. The molecule has 0 radical (unpaired) electrons. The van der Waals surface area contributed by atoms with E-state index >= 15 is 0 Å². The van der Waals surface area contributed by atoms with Gasteiger partial charge in [0.15, 0.2) is 0 Å². The van der Waals surface area contributed by atoms with Gasteiger partial charge in [-0.15, -0.1) is 11.8 Å². The normalized spacial score (nSPS) is 25.9. The van der Waals surface area contributed by atoms with Crippen molar-refractivity contribution in [2.24, 2.45) is 11.7 Å². The Morgan fingerprint density at radius 3 is 2.94 bits per heavy atom. The van der Waals surface area contributed by atoms with Crippen LogP contribution in [0.25, 0.3) is 0 Å². The van der Waals surface area contributed by atoms with Crippen LogP contribution >= 0.6 is 11.8 Å². The fraction of sp³-hybridized carbons (Fsp3) is 0.625. The van der Waals surface area contributed by atoms with Crippen LogP contribution in [0.3, 0.4) is 0 Å². The lowest BCUT2D eigenvalue weighted by atomic mass is 9.87. The van der Waals surface area contributed by atoms with E-state index in [0.717, 1.165) is 11.2 Å². The first-order valence-corrected chi connectivity index (χ1v) is 8.09. The summed E-state index contributed by atoms with van der Waals surface area (Å²) < 4.78 is 0. The first kappa shape index (κ1) is 14.0. The Kier molecular flexibility index (Phi) is 5.13. The minimum atomic E-state index is 0.139. The molecule has 0 saturated heterocycles. The van der Waals surface area contributed by atoms with Crippen LogP contribution < -0.4 is 5.73 Å². The van der Waals surface area contributed by atoms with Gasteiger partial charge in [-0.1, -0.05) is 38.3 Å². The Labute approximate surface area is 116 Å². The Morgan fingerprint density at radius 2 is 2.22 bits per heavy atom. The Hall–Kier alpha value is -0.470. The summed E-state index contributed by atoms with van der Waals surface area (Å²) in [6.07, 6.45) is 6.96. The van der Waals surface area contributed by atoms with Crippen molar-refractivity contribution in [3.63, 3.8) is 0 Å². The van der Waals surface area contributed by atoms with E-state index in [0.29, 0.717) is 0 Å². The molecule has 1 aromatic rings. The van der Waals surface area contributed by atoms with Crippen molar-refractivity contribution in [1.29, 1.82) is 0 Å². The highest BCUT2D eigenvalue weighted by Gasteiger charge is 2.21. The minimum absolute atomic E-state index is 0.139. The molecule has 0 spiro atoms. The van der Waals surface area contributed by atoms with Crippen molar-refractivity contribution in [2.45, 2.75) is 62.1 Å². The molecule has 1 saturated carbocycles. The lowest BCUT2D eigenvalue weighted by molar-refractivity contribution is 0.357. The van der Waals surface area contributed by atoms with Gasteiger partial charge in [-0.2, -0.15) is 0 Å². The maximum Gasteiger partial charge on any atom is 0.0266 e. The van der Waals surface area contributed by atoms with Crippen molar-refractivity contribution in [2.75, 3.05) is 0 Å². The molecular formula is C16H25NS. The van der Waals surface area contributed by atoms with Gasteiger partial charge in [-0.05, 0) is 43.4 Å². The van der Waals surface area contributed by atoms with E-state index in [2.05, 4.69) is 49.9 Å². The quantitative estimate of drug-likeness (QED) is 0.847. The largest absolute Gasteiger partial charge is 0.324 e. The molecule has 100 valence electrons. The Balaban J connectivity index is 1.98. The third-order valence-electron chi connectivity index (χ3n) is 4.00. The third kappa shape index (κ3) is 3.76. The topological polar surface area (TPSA) is 26.0 Å². The first-order valence-electron chi connectivity index (χ1n) is 7.21. The standard InChI is InChI=1S/C16H25NS/c1-3-13-6-4-8-15(10-13)18-16-9-5-7-14(11-16)12(2)17/h5,7,9,11-13,15H,3-4,6,8,10,17H2,1-2H3. The zero-order valence-corrected chi connectivity index (χ0v) is 12.4. The van der Waals surface area contributed by atoms with Gasteiger partial charge in [-0.25, -0.2) is 0 Å². The van der Waals surface area contributed by atoms with Gasteiger partial charge >= 0.3 is 0 Å². The first-order chi connectivity index (χ1) is 8.69. The highest BCUT2D eigenvalue weighted by molar-refractivity contribution is 8.00. The van der Waals surface area contributed by atoms with Crippen LogP contribution in [0.1, 0.15) is 57.6 Å². The van der Waals surface area contributed by atoms with Gasteiger partial charge in [0.1, 0.15) is 0 Å². The molecule has 0 aliphatic heterocycles. The molecule has 18 heavy (non-hydrogen) atoms. The smallest absolute Gasteiger partial charge is 0.0266 e. The molecule has 3 unspecified atom stereocenters. The summed E-state index contributed by atoms with van der Waals surface area (Å²) in [5, 5.41) is 0.812. The van der Waals surface area contributed by atoms with Gasteiger partial charge in [0.05, 0.1) is 0 Å². The van der Waals surface area contributed by atoms with Crippen molar-refractivity contribution >= 4 is 11.8 Å². The highest BCUT2D eigenvalue weighted by Crippen LogP contribution is 2.37. The van der Waals surface area contributed by atoms with Crippen LogP contribution in [0.5, 0.6) is 0 Å². The Morgan fingerprint density at radius 1 is 1.39 bits per heavy atom. The van der Waals surface area contributed by atoms with Crippen LogP contribution in [0.4, 0.5) is 0 Å². The van der Waals surface area contributed by atoms with Crippen molar-refractivity contribution < 1.29 is 0 Å². The minimum Gasteiger partial charge on any atom is -0.324 e. The van der Waals surface area contributed by atoms with Gasteiger partial charge in [0.25, 0.3) is 0 Å². The molecule has 1 aromatic carbocycles. The monoisotopic (exact) mass is 263 g/mol. The lowest BCUT2D eigenvalue weighted by Crippen LogP contribution is -2.16. The number of thioether (sulfide) groups is 1. The van der Waals surface area contributed by atoms with E-state index in [1.807, 2.05) is 0 Å². The lowest BCUT2D eigenvalue weighted by Gasteiger charge is -2.28. The zero-order chi connectivity index (χ0) is 13.0. The van der Waals surface area contributed by atoms with Gasteiger partial charge < -0.3 is 5.73 Å². The molecule has 1 fully saturated rings. The van der Waals surface area contributed by atoms with Crippen LogP contribution in [-0.4, -0.2) is 5.25 Å². The summed E-state index contributed by atoms with van der Waals surface area (Å²) in [7, 11) is 0.